The van der Waals surface area contributed by atoms with Crippen molar-refractivity contribution in [2.75, 3.05) is 24.7 Å². The zero-order valence-electron chi connectivity index (χ0n) is 17.9. The van der Waals surface area contributed by atoms with Crippen molar-refractivity contribution in [3.8, 4) is 5.75 Å². The number of fused-ring (bicyclic) bond motifs is 1. The molecule has 8 heteroatoms. The van der Waals surface area contributed by atoms with Crippen molar-refractivity contribution >= 4 is 29.3 Å². The predicted molar refractivity (Wildman–Crippen MR) is 109 cm³/mol. The molecule has 1 aromatic rings. The van der Waals surface area contributed by atoms with Gasteiger partial charge in [-0.15, -0.1) is 0 Å². The topological polar surface area (TPSA) is 99.2 Å². The van der Waals surface area contributed by atoms with Crippen LogP contribution in [0.5, 0.6) is 5.75 Å². The molecule has 1 atom stereocenters. The molecule has 1 aromatic carbocycles. The van der Waals surface area contributed by atoms with Crippen molar-refractivity contribution in [2.45, 2.75) is 53.0 Å². The van der Waals surface area contributed by atoms with Gasteiger partial charge in [0.1, 0.15) is 11.8 Å². The van der Waals surface area contributed by atoms with Crippen molar-refractivity contribution in [1.29, 1.82) is 0 Å². The Morgan fingerprint density at radius 1 is 1.13 bits per heavy atom. The standard InChI is InChI=1S/C22H29NO7/c1-5-28-21(26)9-7-18(24)16-6-8-19-17(12-16)23(20(25)13-30-19)15(4)22(27)29-11-10-14(2)3/h6,8,12,14-15H,5,7,9-11,13H2,1-4H3. The number of ether oxygens (including phenoxy) is 3. The van der Waals surface area contributed by atoms with E-state index in [1.165, 1.54) is 11.0 Å². The van der Waals surface area contributed by atoms with Gasteiger partial charge in [-0.2, -0.15) is 0 Å². The second-order valence-corrected chi connectivity index (χ2v) is 7.49. The summed E-state index contributed by atoms with van der Waals surface area (Å²) in [7, 11) is 0. The van der Waals surface area contributed by atoms with Gasteiger partial charge < -0.3 is 14.2 Å². The third-order valence-electron chi connectivity index (χ3n) is 4.69. The van der Waals surface area contributed by atoms with Crippen LogP contribution in [0, 0.1) is 5.92 Å². The van der Waals surface area contributed by atoms with E-state index < -0.39 is 23.9 Å². The van der Waals surface area contributed by atoms with Crippen LogP contribution in [0.1, 0.15) is 57.3 Å². The summed E-state index contributed by atoms with van der Waals surface area (Å²) in [6.45, 7) is 7.67. The largest absolute Gasteiger partial charge is 0.482 e. The molecule has 164 valence electrons. The Balaban J connectivity index is 2.16. The molecule has 1 aliphatic rings. The lowest BCUT2D eigenvalue weighted by Gasteiger charge is -2.33. The first kappa shape index (κ1) is 23.4. The average Bonchev–Trinajstić information content (AvgIpc) is 2.70. The number of nitrogens with zero attached hydrogens (tertiary/aromatic N) is 1. The molecule has 2 rings (SSSR count). The molecule has 0 N–H and O–H groups in total. The van der Waals surface area contributed by atoms with Crippen LogP contribution in [0.4, 0.5) is 5.69 Å². The van der Waals surface area contributed by atoms with Gasteiger partial charge in [0.15, 0.2) is 12.4 Å². The number of amides is 1. The van der Waals surface area contributed by atoms with Crippen LogP contribution < -0.4 is 9.64 Å². The summed E-state index contributed by atoms with van der Waals surface area (Å²) in [5, 5.41) is 0. The highest BCUT2D eigenvalue weighted by atomic mass is 16.5. The van der Waals surface area contributed by atoms with E-state index in [0.29, 0.717) is 22.9 Å². The molecule has 1 amide bonds. The molecule has 0 fully saturated rings. The quantitative estimate of drug-likeness (QED) is 0.425. The average molecular weight is 419 g/mol. The van der Waals surface area contributed by atoms with Gasteiger partial charge in [-0.05, 0) is 44.4 Å². The molecule has 0 radical (unpaired) electrons. The fraction of sp³-hybridized carbons (Fsp3) is 0.545. The molecule has 8 nitrogen and oxygen atoms in total. The van der Waals surface area contributed by atoms with Crippen LogP contribution in [0.15, 0.2) is 18.2 Å². The second-order valence-electron chi connectivity index (χ2n) is 7.49. The Kier molecular flexibility index (Phi) is 8.38. The highest BCUT2D eigenvalue weighted by Gasteiger charge is 2.34. The van der Waals surface area contributed by atoms with Gasteiger partial charge in [-0.1, -0.05) is 13.8 Å². The fourth-order valence-electron chi connectivity index (χ4n) is 2.98. The normalized spacial score (nSPS) is 14.0. The van der Waals surface area contributed by atoms with Crippen molar-refractivity contribution in [1.82, 2.24) is 0 Å². The van der Waals surface area contributed by atoms with Gasteiger partial charge in [-0.3, -0.25) is 19.3 Å². The maximum absolute atomic E-state index is 12.5. The van der Waals surface area contributed by atoms with Gasteiger partial charge in [0, 0.05) is 12.0 Å². The first-order valence-corrected chi connectivity index (χ1v) is 10.2. The van der Waals surface area contributed by atoms with E-state index >= 15 is 0 Å². The molecule has 1 unspecified atom stereocenters. The number of benzene rings is 1. The molecule has 0 aromatic heterocycles. The van der Waals surface area contributed by atoms with Crippen LogP contribution in [0.2, 0.25) is 0 Å². The summed E-state index contributed by atoms with van der Waals surface area (Å²) in [5.41, 5.74) is 0.656. The van der Waals surface area contributed by atoms with Crippen LogP contribution >= 0.6 is 0 Å². The zero-order valence-corrected chi connectivity index (χ0v) is 17.9. The number of carbonyl (C=O) groups excluding carboxylic acids is 4. The van der Waals surface area contributed by atoms with Crippen LogP contribution in [-0.4, -0.2) is 49.5 Å². The van der Waals surface area contributed by atoms with Crippen molar-refractivity contribution < 1.29 is 33.4 Å². The third kappa shape index (κ3) is 6.05. The Morgan fingerprint density at radius 3 is 2.53 bits per heavy atom. The minimum atomic E-state index is -0.864. The summed E-state index contributed by atoms with van der Waals surface area (Å²) >= 11 is 0. The maximum atomic E-state index is 12.5. The molecule has 0 spiro atoms. The lowest BCUT2D eigenvalue weighted by Crippen LogP contribution is -2.48. The maximum Gasteiger partial charge on any atom is 0.328 e. The highest BCUT2D eigenvalue weighted by molar-refractivity contribution is 6.05. The SMILES string of the molecule is CCOC(=O)CCC(=O)c1ccc2c(c1)N(C(C)C(=O)OCCC(C)C)C(=O)CO2. The summed E-state index contributed by atoms with van der Waals surface area (Å²) < 4.78 is 15.6. The van der Waals surface area contributed by atoms with E-state index in [2.05, 4.69) is 0 Å². The van der Waals surface area contributed by atoms with Crippen LogP contribution in [0.25, 0.3) is 0 Å². The third-order valence-corrected chi connectivity index (χ3v) is 4.69. The van der Waals surface area contributed by atoms with Crippen LogP contribution in [0.3, 0.4) is 0 Å². The van der Waals surface area contributed by atoms with E-state index in [0.717, 1.165) is 6.42 Å². The van der Waals surface area contributed by atoms with Crippen molar-refractivity contribution in [3.05, 3.63) is 23.8 Å². The first-order valence-electron chi connectivity index (χ1n) is 10.2. The molecule has 0 aliphatic carbocycles. The number of carbonyl (C=O) groups is 4. The number of anilines is 1. The highest BCUT2D eigenvalue weighted by Crippen LogP contribution is 2.35. The van der Waals surface area contributed by atoms with Gasteiger partial charge in [0.2, 0.25) is 0 Å². The minimum absolute atomic E-state index is 0.0147. The first-order chi connectivity index (χ1) is 14.2. The molecule has 1 aliphatic heterocycles. The molecule has 0 bridgehead atoms. The van der Waals surface area contributed by atoms with E-state index in [4.69, 9.17) is 14.2 Å². The Bertz CT molecular complexity index is 803. The monoisotopic (exact) mass is 419 g/mol. The van der Waals surface area contributed by atoms with Gasteiger partial charge in [0.05, 0.1) is 25.3 Å². The molecule has 1 heterocycles. The number of ketones is 1. The molecular weight excluding hydrogens is 390 g/mol. The van der Waals surface area contributed by atoms with E-state index in [1.54, 1.807) is 26.0 Å². The van der Waals surface area contributed by atoms with Crippen molar-refractivity contribution in [3.63, 3.8) is 0 Å². The smallest absolute Gasteiger partial charge is 0.328 e. The summed E-state index contributed by atoms with van der Waals surface area (Å²) in [6, 6.07) is 3.81. The predicted octanol–water partition coefficient (Wildman–Crippen LogP) is 2.92. The number of hydrogen-bond donors (Lipinski definition) is 0. The van der Waals surface area contributed by atoms with Gasteiger partial charge in [-0.25, -0.2) is 4.79 Å². The number of Topliss-reactive ketones (excluding diaryl/α,β-unsaturated/α-hetero) is 1. The Hall–Kier alpha value is -2.90. The van der Waals surface area contributed by atoms with E-state index in [-0.39, 0.29) is 38.4 Å². The fourth-order valence-corrected chi connectivity index (χ4v) is 2.98. The second kappa shape index (κ2) is 10.8. The minimum Gasteiger partial charge on any atom is -0.482 e. The van der Waals surface area contributed by atoms with E-state index in [1.807, 2.05) is 13.8 Å². The Labute approximate surface area is 176 Å². The zero-order chi connectivity index (χ0) is 22.3. The lowest BCUT2D eigenvalue weighted by atomic mass is 10.0. The number of rotatable bonds is 10. The van der Waals surface area contributed by atoms with Crippen LogP contribution in [-0.2, 0) is 23.9 Å². The van der Waals surface area contributed by atoms with Crippen molar-refractivity contribution in [2.24, 2.45) is 5.92 Å². The number of esters is 2. The van der Waals surface area contributed by atoms with Gasteiger partial charge in [0.25, 0.3) is 5.91 Å². The number of hydrogen-bond acceptors (Lipinski definition) is 7. The lowest BCUT2D eigenvalue weighted by molar-refractivity contribution is -0.146. The summed E-state index contributed by atoms with van der Waals surface area (Å²) in [5.74, 6) is -0.832. The summed E-state index contributed by atoms with van der Waals surface area (Å²) in [6.07, 6.45) is 0.686. The summed E-state index contributed by atoms with van der Waals surface area (Å²) in [4.78, 5) is 50.3. The molecule has 30 heavy (non-hydrogen) atoms. The molecule has 0 saturated heterocycles. The molecule has 0 saturated carbocycles. The van der Waals surface area contributed by atoms with E-state index in [9.17, 15) is 19.2 Å². The van der Waals surface area contributed by atoms with Gasteiger partial charge >= 0.3 is 11.9 Å². The molecular formula is C22H29NO7. The Morgan fingerprint density at radius 2 is 1.87 bits per heavy atom.